The number of rotatable bonds is 3. The highest BCUT2D eigenvalue weighted by molar-refractivity contribution is 6.24. The third-order valence-corrected chi connectivity index (χ3v) is 4.39. The molecule has 1 unspecified atom stereocenters. The Hall–Kier alpha value is -3.63. The zero-order valence-electron chi connectivity index (χ0n) is 20.1. The molecule has 3 amide bonds. The van der Waals surface area contributed by atoms with Gasteiger partial charge in [0, 0.05) is 18.2 Å². The van der Waals surface area contributed by atoms with E-state index in [4.69, 9.17) is 20.0 Å². The van der Waals surface area contributed by atoms with Crippen LogP contribution >= 0.6 is 0 Å². The Bertz CT molecular complexity index is 989. The average molecular weight is 463 g/mol. The molecule has 2 N–H and O–H groups in total. The molecule has 1 heterocycles. The summed E-state index contributed by atoms with van der Waals surface area (Å²) in [6.45, 7) is 11.1. The molecule has 0 saturated carbocycles. The van der Waals surface area contributed by atoms with Gasteiger partial charge in [-0.05, 0) is 60.6 Å². The highest BCUT2D eigenvalue weighted by atomic mass is 16.8. The van der Waals surface area contributed by atoms with E-state index in [2.05, 4.69) is 5.10 Å². The molecule has 0 aromatic heterocycles. The van der Waals surface area contributed by atoms with Crippen molar-refractivity contribution in [2.75, 3.05) is 7.05 Å². The summed E-state index contributed by atoms with van der Waals surface area (Å²) in [4.78, 5) is 55.5. The molecule has 1 aliphatic rings. The summed E-state index contributed by atoms with van der Waals surface area (Å²) < 4.78 is 10.6. The molecule has 2 rings (SSSR count). The van der Waals surface area contributed by atoms with Gasteiger partial charge in [-0.15, -0.1) is 5.06 Å². The molecule has 0 aliphatic carbocycles. The molecule has 0 bridgehead atoms. The molecular formula is C22H30N4O7. The van der Waals surface area contributed by atoms with Crippen LogP contribution in [0.2, 0.25) is 0 Å². The summed E-state index contributed by atoms with van der Waals surface area (Å²) in [5, 5.41) is 5.80. The first-order valence-electron chi connectivity index (χ1n) is 10.2. The number of carbonyl (C=O) groups is 4. The third-order valence-electron chi connectivity index (χ3n) is 4.39. The number of benzene rings is 1. The Morgan fingerprint density at radius 3 is 1.97 bits per heavy atom. The van der Waals surface area contributed by atoms with Gasteiger partial charge in [-0.25, -0.2) is 14.6 Å². The average Bonchev–Trinajstić information content (AvgIpc) is 2.88. The van der Waals surface area contributed by atoms with Crippen molar-refractivity contribution < 1.29 is 33.5 Å². The van der Waals surface area contributed by atoms with Gasteiger partial charge in [0.2, 0.25) is 11.4 Å². The van der Waals surface area contributed by atoms with Crippen molar-refractivity contribution in [1.82, 2.24) is 10.1 Å². The minimum Gasteiger partial charge on any atom is -0.442 e. The van der Waals surface area contributed by atoms with Crippen LogP contribution in [0.1, 0.15) is 64.4 Å². The van der Waals surface area contributed by atoms with Crippen molar-refractivity contribution >= 4 is 29.8 Å². The lowest BCUT2D eigenvalue weighted by molar-refractivity contribution is -0.176. The summed E-state index contributed by atoms with van der Waals surface area (Å²) in [6, 6.07) is 5.95. The Kier molecular flexibility index (Phi) is 6.77. The molecule has 1 aliphatic heterocycles. The van der Waals surface area contributed by atoms with Gasteiger partial charge in [-0.2, -0.15) is 5.10 Å². The second kappa shape index (κ2) is 8.72. The van der Waals surface area contributed by atoms with Crippen LogP contribution < -0.4 is 5.73 Å². The summed E-state index contributed by atoms with van der Waals surface area (Å²) in [5.74, 6) is -1.29. The van der Waals surface area contributed by atoms with Crippen LogP contribution in [0.3, 0.4) is 0 Å². The summed E-state index contributed by atoms with van der Waals surface area (Å²) in [7, 11) is 1.39. The number of likely N-dealkylation sites (N-methyl/N-ethyl adjacent to an activating group) is 1. The minimum absolute atomic E-state index is 0.0837. The van der Waals surface area contributed by atoms with Gasteiger partial charge in [0.1, 0.15) is 16.9 Å². The van der Waals surface area contributed by atoms with Crippen LogP contribution in [-0.2, 0) is 19.1 Å². The maximum absolute atomic E-state index is 13.2. The highest BCUT2D eigenvalue weighted by Crippen LogP contribution is 2.32. The van der Waals surface area contributed by atoms with Crippen LogP contribution in [0.5, 0.6) is 0 Å². The summed E-state index contributed by atoms with van der Waals surface area (Å²) in [5.41, 5.74) is 2.23. The number of hydrogen-bond donors (Lipinski definition) is 1. The monoisotopic (exact) mass is 462 g/mol. The van der Waals surface area contributed by atoms with Crippen LogP contribution in [-0.4, -0.2) is 63.6 Å². The molecule has 11 nitrogen and oxygen atoms in total. The molecule has 0 saturated heterocycles. The molecule has 1 atom stereocenters. The topological polar surface area (TPSA) is 141 Å². The number of nitrogens with two attached hydrogens (primary N) is 1. The Morgan fingerprint density at radius 2 is 1.52 bits per heavy atom. The van der Waals surface area contributed by atoms with Crippen molar-refractivity contribution in [2.24, 2.45) is 10.8 Å². The van der Waals surface area contributed by atoms with Crippen molar-refractivity contribution in [3.05, 3.63) is 35.4 Å². The SMILES string of the molecule is CN1N=C(c2ccc(C(N)=O)cc2)C(C)(N(OC(=O)OC(C)(C)C)C(=O)OC(C)(C)C)C1=O. The van der Waals surface area contributed by atoms with Gasteiger partial charge in [-0.1, -0.05) is 12.1 Å². The fourth-order valence-corrected chi connectivity index (χ4v) is 2.98. The van der Waals surface area contributed by atoms with E-state index < -0.39 is 40.8 Å². The maximum Gasteiger partial charge on any atom is 0.534 e. The second-order valence-electron chi connectivity index (χ2n) is 9.62. The number of ether oxygens (including phenoxy) is 2. The van der Waals surface area contributed by atoms with Crippen molar-refractivity contribution in [3.63, 3.8) is 0 Å². The minimum atomic E-state index is -1.90. The van der Waals surface area contributed by atoms with E-state index in [1.165, 1.54) is 38.2 Å². The van der Waals surface area contributed by atoms with Gasteiger partial charge in [-0.3, -0.25) is 14.4 Å². The standard InChI is InChI=1S/C22H30N4O7/c1-20(2,3)31-18(29)26(33-19(30)32-21(4,5)6)22(7)15(24-25(8)17(22)28)13-9-11-14(12-10-13)16(23)27/h9-12H,1-8H3,(H2,23,27). The molecule has 1 aromatic rings. The first kappa shape index (κ1) is 25.6. The number of hydrazone groups is 1. The first-order chi connectivity index (χ1) is 15.0. The Morgan fingerprint density at radius 1 is 1.00 bits per heavy atom. The van der Waals surface area contributed by atoms with E-state index in [1.54, 1.807) is 41.5 Å². The number of hydrogen-bond acceptors (Lipinski definition) is 8. The molecule has 0 radical (unpaired) electrons. The van der Waals surface area contributed by atoms with Gasteiger partial charge in [0.05, 0.1) is 0 Å². The second-order valence-corrected chi connectivity index (χ2v) is 9.62. The number of primary amides is 1. The Labute approximate surface area is 192 Å². The quantitative estimate of drug-likeness (QED) is 0.538. The molecule has 180 valence electrons. The van der Waals surface area contributed by atoms with Gasteiger partial charge < -0.3 is 15.2 Å². The lowest BCUT2D eigenvalue weighted by Crippen LogP contribution is -2.61. The van der Waals surface area contributed by atoms with Gasteiger partial charge >= 0.3 is 12.2 Å². The summed E-state index contributed by atoms with van der Waals surface area (Å²) in [6.07, 6.45) is -2.30. The molecular weight excluding hydrogens is 432 g/mol. The number of hydroxylamine groups is 2. The van der Waals surface area contributed by atoms with E-state index in [0.717, 1.165) is 5.01 Å². The highest BCUT2D eigenvalue weighted by Gasteiger charge is 2.57. The Balaban J connectivity index is 2.57. The van der Waals surface area contributed by atoms with E-state index >= 15 is 0 Å². The molecule has 11 heteroatoms. The zero-order valence-corrected chi connectivity index (χ0v) is 20.1. The van der Waals surface area contributed by atoms with E-state index in [-0.39, 0.29) is 11.3 Å². The number of carbonyl (C=O) groups excluding carboxylic acids is 4. The lowest BCUT2D eigenvalue weighted by Gasteiger charge is -2.36. The van der Waals surface area contributed by atoms with Crippen LogP contribution in [0.25, 0.3) is 0 Å². The third kappa shape index (κ3) is 5.79. The van der Waals surface area contributed by atoms with Crippen molar-refractivity contribution in [3.8, 4) is 0 Å². The van der Waals surface area contributed by atoms with Gasteiger partial charge in [0.15, 0.2) is 0 Å². The van der Waals surface area contributed by atoms with Gasteiger partial charge in [0.25, 0.3) is 5.91 Å². The molecule has 1 aromatic carbocycles. The number of nitrogens with zero attached hydrogens (tertiary/aromatic N) is 3. The molecule has 0 spiro atoms. The fraction of sp³-hybridized carbons (Fsp3) is 0.500. The van der Waals surface area contributed by atoms with Crippen LogP contribution in [0.15, 0.2) is 29.4 Å². The smallest absolute Gasteiger partial charge is 0.442 e. The normalized spacial score (nSPS) is 18.5. The predicted octanol–water partition coefficient (Wildman–Crippen LogP) is 2.82. The lowest BCUT2D eigenvalue weighted by atomic mass is 9.89. The molecule has 33 heavy (non-hydrogen) atoms. The number of amides is 3. The molecule has 0 fully saturated rings. The fourth-order valence-electron chi connectivity index (χ4n) is 2.98. The predicted molar refractivity (Wildman–Crippen MR) is 118 cm³/mol. The van der Waals surface area contributed by atoms with Crippen molar-refractivity contribution in [1.29, 1.82) is 0 Å². The largest absolute Gasteiger partial charge is 0.534 e. The van der Waals surface area contributed by atoms with E-state index in [0.29, 0.717) is 10.6 Å². The van der Waals surface area contributed by atoms with Crippen molar-refractivity contribution in [2.45, 2.75) is 65.2 Å². The van der Waals surface area contributed by atoms with E-state index in [9.17, 15) is 19.2 Å². The van der Waals surface area contributed by atoms with E-state index in [1.807, 2.05) is 0 Å². The maximum atomic E-state index is 13.2. The van der Waals surface area contributed by atoms with Crippen LogP contribution in [0.4, 0.5) is 9.59 Å². The summed E-state index contributed by atoms with van der Waals surface area (Å²) >= 11 is 0. The zero-order chi connectivity index (χ0) is 25.4. The van der Waals surface area contributed by atoms with Crippen LogP contribution in [0, 0.1) is 0 Å². The first-order valence-corrected chi connectivity index (χ1v) is 10.2.